The first-order valence-corrected chi connectivity index (χ1v) is 10.2. The molecule has 0 bridgehead atoms. The van der Waals surface area contributed by atoms with E-state index in [1.807, 2.05) is 11.0 Å². The largest absolute Gasteiger partial charge is 0.349 e. The van der Waals surface area contributed by atoms with E-state index in [0.717, 1.165) is 26.1 Å². The van der Waals surface area contributed by atoms with Gasteiger partial charge in [0, 0.05) is 37.8 Å². The second kappa shape index (κ2) is 7.26. The molecule has 6 heteroatoms. The third-order valence-electron chi connectivity index (χ3n) is 6.52. The third kappa shape index (κ3) is 3.65. The van der Waals surface area contributed by atoms with Crippen LogP contribution < -0.4 is 5.32 Å². The van der Waals surface area contributed by atoms with E-state index in [2.05, 4.69) is 28.4 Å². The summed E-state index contributed by atoms with van der Waals surface area (Å²) in [6, 6.07) is 14.1. The van der Waals surface area contributed by atoms with Crippen LogP contribution in [0.15, 0.2) is 48.5 Å². The predicted molar refractivity (Wildman–Crippen MR) is 107 cm³/mol. The number of hydrogen-bond acceptors (Lipinski definition) is 3. The molecule has 1 N–H and O–H groups in total. The molecule has 2 heterocycles. The lowest BCUT2D eigenvalue weighted by Gasteiger charge is -2.30. The highest BCUT2D eigenvalue weighted by Crippen LogP contribution is 2.45. The number of nitrogens with one attached hydrogen (secondary N) is 1. The Hall–Kier alpha value is -2.73. The molecular formula is C23H24FN3O2. The summed E-state index contributed by atoms with van der Waals surface area (Å²) in [5.74, 6) is 0.512. The van der Waals surface area contributed by atoms with Crippen molar-refractivity contribution >= 4 is 11.8 Å². The van der Waals surface area contributed by atoms with Crippen LogP contribution in [0.2, 0.25) is 0 Å². The highest BCUT2D eigenvalue weighted by molar-refractivity contribution is 5.94. The van der Waals surface area contributed by atoms with Crippen molar-refractivity contribution in [2.24, 2.45) is 11.8 Å². The van der Waals surface area contributed by atoms with Crippen molar-refractivity contribution in [2.75, 3.05) is 26.2 Å². The Morgan fingerprint density at radius 2 is 1.69 bits per heavy atom. The summed E-state index contributed by atoms with van der Waals surface area (Å²) in [7, 11) is 0. The second-order valence-electron chi connectivity index (χ2n) is 8.36. The fourth-order valence-corrected chi connectivity index (χ4v) is 4.79. The Morgan fingerprint density at radius 1 is 1.00 bits per heavy atom. The first kappa shape index (κ1) is 18.3. The molecule has 0 aromatic heterocycles. The van der Waals surface area contributed by atoms with Gasteiger partial charge in [0.25, 0.3) is 5.91 Å². The Morgan fingerprint density at radius 3 is 2.41 bits per heavy atom. The summed E-state index contributed by atoms with van der Waals surface area (Å²) in [5.41, 5.74) is 3.08. The normalized spacial score (nSPS) is 25.3. The summed E-state index contributed by atoms with van der Waals surface area (Å²) in [6.45, 7) is 3.62. The number of carbonyl (C=O) groups is 2. The van der Waals surface area contributed by atoms with E-state index in [9.17, 15) is 14.0 Å². The van der Waals surface area contributed by atoms with E-state index in [1.165, 1.54) is 35.4 Å². The first-order valence-electron chi connectivity index (χ1n) is 10.2. The zero-order chi connectivity index (χ0) is 20.0. The van der Waals surface area contributed by atoms with Gasteiger partial charge in [0.05, 0.1) is 6.54 Å². The fraction of sp³-hybridized carbons (Fsp3) is 0.391. The first-order chi connectivity index (χ1) is 14.1. The number of amides is 2. The van der Waals surface area contributed by atoms with Crippen LogP contribution in [0.25, 0.3) is 0 Å². The Labute approximate surface area is 169 Å². The number of nitrogens with zero attached hydrogens (tertiary/aromatic N) is 2. The highest BCUT2D eigenvalue weighted by atomic mass is 19.1. The molecule has 2 aromatic rings. The van der Waals surface area contributed by atoms with Crippen LogP contribution in [0.1, 0.15) is 21.5 Å². The fourth-order valence-electron chi connectivity index (χ4n) is 4.79. The lowest BCUT2D eigenvalue weighted by Crippen LogP contribution is -2.43. The lowest BCUT2D eigenvalue weighted by molar-refractivity contribution is -0.133. The Bertz CT molecular complexity index is 933. The van der Waals surface area contributed by atoms with Crippen molar-refractivity contribution in [2.45, 2.75) is 19.0 Å². The van der Waals surface area contributed by atoms with Crippen molar-refractivity contribution in [3.8, 4) is 0 Å². The molecule has 2 fully saturated rings. The smallest absolute Gasteiger partial charge is 0.251 e. The summed E-state index contributed by atoms with van der Waals surface area (Å²) >= 11 is 0. The zero-order valence-corrected chi connectivity index (χ0v) is 16.2. The quantitative estimate of drug-likeness (QED) is 0.865. The summed E-state index contributed by atoms with van der Waals surface area (Å²) < 4.78 is 13.0. The van der Waals surface area contributed by atoms with Gasteiger partial charge in [-0.15, -0.1) is 0 Å². The SMILES string of the molecule is O=C(NC1[C@H]2CN(CC(=O)N3CCc4ccccc4C3)C[C@@H]12)c1ccc(F)cc1. The zero-order valence-electron chi connectivity index (χ0n) is 16.2. The summed E-state index contributed by atoms with van der Waals surface area (Å²) in [5, 5.41) is 3.06. The second-order valence-corrected chi connectivity index (χ2v) is 8.36. The van der Waals surface area contributed by atoms with Gasteiger partial charge >= 0.3 is 0 Å². The van der Waals surface area contributed by atoms with Gasteiger partial charge < -0.3 is 10.2 Å². The molecule has 3 aliphatic rings. The predicted octanol–water partition coefficient (Wildman–Crippen LogP) is 2.07. The molecule has 1 saturated heterocycles. The molecule has 29 heavy (non-hydrogen) atoms. The van der Waals surface area contributed by atoms with Gasteiger partial charge in [-0.25, -0.2) is 4.39 Å². The van der Waals surface area contributed by atoms with Gasteiger partial charge in [-0.1, -0.05) is 24.3 Å². The minimum Gasteiger partial charge on any atom is -0.349 e. The van der Waals surface area contributed by atoms with Gasteiger partial charge in [-0.05, 0) is 53.6 Å². The number of carbonyl (C=O) groups excluding carboxylic acids is 2. The number of benzene rings is 2. The van der Waals surface area contributed by atoms with Crippen LogP contribution in [-0.4, -0.2) is 53.8 Å². The van der Waals surface area contributed by atoms with Crippen LogP contribution >= 0.6 is 0 Å². The molecule has 1 unspecified atom stereocenters. The Kier molecular flexibility index (Phi) is 4.59. The van der Waals surface area contributed by atoms with Crippen molar-refractivity contribution in [3.63, 3.8) is 0 Å². The van der Waals surface area contributed by atoms with Crippen molar-refractivity contribution in [3.05, 3.63) is 71.0 Å². The van der Waals surface area contributed by atoms with E-state index in [4.69, 9.17) is 0 Å². The highest BCUT2D eigenvalue weighted by Gasteiger charge is 2.56. The van der Waals surface area contributed by atoms with E-state index in [0.29, 0.717) is 30.5 Å². The van der Waals surface area contributed by atoms with Gasteiger partial charge in [-0.2, -0.15) is 0 Å². The molecule has 0 radical (unpaired) electrons. The molecule has 0 spiro atoms. The van der Waals surface area contributed by atoms with Crippen molar-refractivity contribution in [1.29, 1.82) is 0 Å². The lowest BCUT2D eigenvalue weighted by atomic mass is 10.00. The maximum atomic E-state index is 13.0. The molecule has 2 aliphatic heterocycles. The summed E-state index contributed by atoms with van der Waals surface area (Å²) in [6.07, 6.45) is 0.921. The average molecular weight is 393 g/mol. The molecular weight excluding hydrogens is 369 g/mol. The molecule has 3 atom stereocenters. The standard InChI is InChI=1S/C23H24FN3O2/c24-18-7-5-16(6-8-18)23(29)25-22-19-12-26(13-20(19)22)14-21(28)27-10-9-15-3-1-2-4-17(15)11-27/h1-8,19-20,22H,9-14H2,(H,25,29)/t19-,20+,22?. The van der Waals surface area contributed by atoms with Gasteiger partial charge in [0.15, 0.2) is 0 Å². The van der Waals surface area contributed by atoms with E-state index in [-0.39, 0.29) is 23.7 Å². The van der Waals surface area contributed by atoms with E-state index >= 15 is 0 Å². The molecule has 2 aromatic carbocycles. The molecule has 150 valence electrons. The molecule has 1 aliphatic carbocycles. The Balaban J connectivity index is 1.10. The number of hydrogen-bond donors (Lipinski definition) is 1. The van der Waals surface area contributed by atoms with E-state index in [1.54, 1.807) is 0 Å². The maximum absolute atomic E-state index is 13.0. The number of rotatable bonds is 4. The van der Waals surface area contributed by atoms with Crippen LogP contribution in [0, 0.1) is 17.7 Å². The van der Waals surface area contributed by atoms with Crippen LogP contribution in [0.4, 0.5) is 4.39 Å². The minimum atomic E-state index is -0.345. The van der Waals surface area contributed by atoms with Gasteiger partial charge in [0.1, 0.15) is 5.82 Å². The monoisotopic (exact) mass is 393 g/mol. The average Bonchev–Trinajstić information content (AvgIpc) is 3.17. The topological polar surface area (TPSA) is 52.7 Å². The van der Waals surface area contributed by atoms with Crippen LogP contribution in [0.5, 0.6) is 0 Å². The van der Waals surface area contributed by atoms with Crippen LogP contribution in [-0.2, 0) is 17.8 Å². The van der Waals surface area contributed by atoms with Crippen molar-refractivity contribution < 1.29 is 14.0 Å². The van der Waals surface area contributed by atoms with Crippen molar-refractivity contribution in [1.82, 2.24) is 15.1 Å². The van der Waals surface area contributed by atoms with Crippen LogP contribution in [0.3, 0.4) is 0 Å². The molecule has 2 amide bonds. The molecule has 1 saturated carbocycles. The van der Waals surface area contributed by atoms with Gasteiger partial charge in [-0.3, -0.25) is 14.5 Å². The summed E-state index contributed by atoms with van der Waals surface area (Å²) in [4.78, 5) is 29.2. The molecule has 5 nitrogen and oxygen atoms in total. The minimum absolute atomic E-state index is 0.154. The number of likely N-dealkylation sites (tertiary alicyclic amines) is 1. The number of fused-ring (bicyclic) bond motifs is 2. The number of halogens is 1. The van der Waals surface area contributed by atoms with E-state index < -0.39 is 0 Å². The maximum Gasteiger partial charge on any atom is 0.251 e. The third-order valence-corrected chi connectivity index (χ3v) is 6.52. The number of piperidine rings is 1. The van der Waals surface area contributed by atoms with Gasteiger partial charge in [0.2, 0.25) is 5.91 Å². The molecule has 5 rings (SSSR count).